The fourth-order valence-electron chi connectivity index (χ4n) is 3.06. The molecule has 102 valence electrons. The lowest BCUT2D eigenvalue weighted by atomic mass is 10.1. The minimum Gasteiger partial charge on any atom is -0.346 e. The molecule has 1 saturated heterocycles. The molecule has 0 spiro atoms. The smallest absolute Gasteiger partial charge is 0.269 e. The van der Waals surface area contributed by atoms with E-state index in [0.717, 1.165) is 48.0 Å². The summed E-state index contributed by atoms with van der Waals surface area (Å²) in [5.41, 5.74) is 2.44. The fourth-order valence-corrected chi connectivity index (χ4v) is 3.06. The average Bonchev–Trinajstić information content (AvgIpc) is 2.96. The monoisotopic (exact) mass is 269 g/mol. The van der Waals surface area contributed by atoms with E-state index in [9.17, 15) is 4.79 Å². The Hall–Kier alpha value is -2.21. The van der Waals surface area contributed by atoms with Crippen LogP contribution in [-0.4, -0.2) is 32.6 Å². The van der Waals surface area contributed by atoms with Crippen LogP contribution in [0.15, 0.2) is 29.5 Å². The molecule has 6 heteroatoms. The number of aromatic nitrogens is 4. The Kier molecular flexibility index (Phi) is 2.56. The number of aromatic amines is 1. The Morgan fingerprint density at radius 2 is 2.05 bits per heavy atom. The lowest BCUT2D eigenvalue weighted by Crippen LogP contribution is -2.34. The van der Waals surface area contributed by atoms with Gasteiger partial charge in [0.15, 0.2) is 0 Å². The highest BCUT2D eigenvalue weighted by Gasteiger charge is 2.20. The van der Waals surface area contributed by atoms with Crippen LogP contribution in [0.25, 0.3) is 22.1 Å². The molecule has 0 unspecified atom stereocenters. The zero-order valence-corrected chi connectivity index (χ0v) is 11.0. The first-order chi connectivity index (χ1) is 9.84. The van der Waals surface area contributed by atoms with Gasteiger partial charge in [-0.3, -0.25) is 4.79 Å². The molecule has 2 N–H and O–H groups in total. The minimum absolute atomic E-state index is 0.0295. The molecule has 3 aromatic rings. The van der Waals surface area contributed by atoms with Crippen LogP contribution in [0.5, 0.6) is 0 Å². The van der Waals surface area contributed by atoms with E-state index in [1.807, 2.05) is 16.8 Å². The summed E-state index contributed by atoms with van der Waals surface area (Å²) in [5, 5.41) is 4.30. The van der Waals surface area contributed by atoms with Gasteiger partial charge in [-0.15, -0.1) is 0 Å². The SMILES string of the molecule is O=c1cnc2cnc3[nH]ccc3c2n1C1CCNCC1. The fraction of sp³-hybridized carbons (Fsp3) is 0.357. The minimum atomic E-state index is -0.0295. The molecule has 0 amide bonds. The first kappa shape index (κ1) is 11.6. The normalized spacial score (nSPS) is 17.0. The molecule has 0 atom stereocenters. The van der Waals surface area contributed by atoms with E-state index >= 15 is 0 Å². The third-order valence-corrected chi connectivity index (χ3v) is 4.01. The molecule has 4 heterocycles. The number of rotatable bonds is 1. The molecule has 0 bridgehead atoms. The Morgan fingerprint density at radius 1 is 1.20 bits per heavy atom. The van der Waals surface area contributed by atoms with Gasteiger partial charge in [0.1, 0.15) is 11.2 Å². The van der Waals surface area contributed by atoms with Gasteiger partial charge in [0.05, 0.1) is 17.9 Å². The van der Waals surface area contributed by atoms with E-state index in [1.54, 1.807) is 6.20 Å². The van der Waals surface area contributed by atoms with Crippen molar-refractivity contribution < 1.29 is 0 Å². The summed E-state index contributed by atoms with van der Waals surface area (Å²) in [6, 6.07) is 2.19. The number of pyridine rings is 1. The maximum absolute atomic E-state index is 12.3. The first-order valence-electron chi connectivity index (χ1n) is 6.88. The number of nitrogens with zero attached hydrogens (tertiary/aromatic N) is 3. The summed E-state index contributed by atoms with van der Waals surface area (Å²) in [6.45, 7) is 1.89. The largest absolute Gasteiger partial charge is 0.346 e. The first-order valence-corrected chi connectivity index (χ1v) is 6.88. The van der Waals surface area contributed by atoms with Gasteiger partial charge in [-0.05, 0) is 32.0 Å². The zero-order chi connectivity index (χ0) is 13.5. The molecular formula is C14H15N5O. The standard InChI is InChI=1S/C14H15N5O/c20-12-8-17-11-7-18-14-10(3-6-16-14)13(11)19(12)9-1-4-15-5-2-9/h3,6-9,15H,1-2,4-5H2,(H,16,18). The van der Waals surface area contributed by atoms with Crippen LogP contribution < -0.4 is 10.9 Å². The number of H-pyrrole nitrogens is 1. The number of piperidine rings is 1. The van der Waals surface area contributed by atoms with Gasteiger partial charge in [-0.25, -0.2) is 9.97 Å². The second-order valence-electron chi connectivity index (χ2n) is 5.18. The van der Waals surface area contributed by atoms with Crippen molar-refractivity contribution in [1.82, 2.24) is 24.8 Å². The van der Waals surface area contributed by atoms with Crippen molar-refractivity contribution in [2.24, 2.45) is 0 Å². The van der Waals surface area contributed by atoms with Crippen LogP contribution in [0.4, 0.5) is 0 Å². The van der Waals surface area contributed by atoms with E-state index in [-0.39, 0.29) is 11.6 Å². The molecule has 0 aliphatic carbocycles. The van der Waals surface area contributed by atoms with E-state index in [4.69, 9.17) is 0 Å². The quantitative estimate of drug-likeness (QED) is 0.696. The van der Waals surface area contributed by atoms with Gasteiger partial charge in [-0.1, -0.05) is 0 Å². The van der Waals surface area contributed by atoms with Crippen molar-refractivity contribution in [3.8, 4) is 0 Å². The van der Waals surface area contributed by atoms with Gasteiger partial charge in [0.25, 0.3) is 5.56 Å². The van der Waals surface area contributed by atoms with Crippen molar-refractivity contribution >= 4 is 22.1 Å². The molecule has 1 aliphatic rings. The molecule has 0 radical (unpaired) electrons. The molecule has 1 fully saturated rings. The number of hydrogen-bond donors (Lipinski definition) is 2. The Bertz CT molecular complexity index is 828. The van der Waals surface area contributed by atoms with Crippen LogP contribution in [0, 0.1) is 0 Å². The second kappa shape index (κ2) is 4.42. The number of fused-ring (bicyclic) bond motifs is 3. The highest BCUT2D eigenvalue weighted by atomic mass is 16.1. The van der Waals surface area contributed by atoms with Crippen LogP contribution in [0.1, 0.15) is 18.9 Å². The summed E-state index contributed by atoms with van der Waals surface area (Å²) < 4.78 is 1.90. The third kappa shape index (κ3) is 1.65. The van der Waals surface area contributed by atoms with Crippen LogP contribution in [-0.2, 0) is 0 Å². The van der Waals surface area contributed by atoms with Crippen molar-refractivity contribution in [3.63, 3.8) is 0 Å². The van der Waals surface area contributed by atoms with E-state index < -0.39 is 0 Å². The van der Waals surface area contributed by atoms with Crippen molar-refractivity contribution in [1.29, 1.82) is 0 Å². The molecule has 4 rings (SSSR count). The zero-order valence-electron chi connectivity index (χ0n) is 11.0. The maximum atomic E-state index is 12.3. The molecule has 0 aromatic carbocycles. The summed E-state index contributed by atoms with van der Waals surface area (Å²) in [6.07, 6.45) is 6.91. The van der Waals surface area contributed by atoms with Crippen LogP contribution in [0.2, 0.25) is 0 Å². The van der Waals surface area contributed by atoms with Gasteiger partial charge in [-0.2, -0.15) is 0 Å². The highest BCUT2D eigenvalue weighted by molar-refractivity contribution is 6.00. The Labute approximate surface area is 114 Å². The Morgan fingerprint density at radius 3 is 2.90 bits per heavy atom. The van der Waals surface area contributed by atoms with Gasteiger partial charge in [0, 0.05) is 17.6 Å². The predicted octanol–water partition coefficient (Wildman–Crippen LogP) is 1.20. The maximum Gasteiger partial charge on any atom is 0.269 e. The second-order valence-corrected chi connectivity index (χ2v) is 5.18. The van der Waals surface area contributed by atoms with Crippen molar-refractivity contribution in [3.05, 3.63) is 35.0 Å². The molecule has 3 aromatic heterocycles. The van der Waals surface area contributed by atoms with Gasteiger partial charge < -0.3 is 14.9 Å². The highest BCUT2D eigenvalue weighted by Crippen LogP contribution is 2.25. The summed E-state index contributed by atoms with van der Waals surface area (Å²) >= 11 is 0. The molecule has 20 heavy (non-hydrogen) atoms. The van der Waals surface area contributed by atoms with E-state index in [2.05, 4.69) is 20.3 Å². The van der Waals surface area contributed by atoms with Crippen molar-refractivity contribution in [2.75, 3.05) is 13.1 Å². The average molecular weight is 269 g/mol. The Balaban J connectivity index is 2.08. The summed E-state index contributed by atoms with van der Waals surface area (Å²) in [5.74, 6) is 0. The topological polar surface area (TPSA) is 75.6 Å². The predicted molar refractivity (Wildman–Crippen MR) is 76.8 cm³/mol. The third-order valence-electron chi connectivity index (χ3n) is 4.01. The number of nitrogens with one attached hydrogen (secondary N) is 2. The molecular weight excluding hydrogens is 254 g/mol. The van der Waals surface area contributed by atoms with Crippen LogP contribution in [0.3, 0.4) is 0 Å². The van der Waals surface area contributed by atoms with Crippen molar-refractivity contribution in [2.45, 2.75) is 18.9 Å². The number of hydrogen-bond acceptors (Lipinski definition) is 4. The van der Waals surface area contributed by atoms with Gasteiger partial charge in [0.2, 0.25) is 0 Å². The lowest BCUT2D eigenvalue weighted by molar-refractivity contribution is 0.369. The summed E-state index contributed by atoms with van der Waals surface area (Å²) in [7, 11) is 0. The van der Waals surface area contributed by atoms with E-state index in [0.29, 0.717) is 0 Å². The molecule has 1 aliphatic heterocycles. The van der Waals surface area contributed by atoms with E-state index in [1.165, 1.54) is 6.20 Å². The van der Waals surface area contributed by atoms with Gasteiger partial charge >= 0.3 is 0 Å². The summed E-state index contributed by atoms with van der Waals surface area (Å²) in [4.78, 5) is 24.0. The molecule has 6 nitrogen and oxygen atoms in total. The lowest BCUT2D eigenvalue weighted by Gasteiger charge is -2.26. The van der Waals surface area contributed by atoms with Crippen LogP contribution >= 0.6 is 0 Å². The molecule has 0 saturated carbocycles.